The van der Waals surface area contributed by atoms with Crippen LogP contribution in [0.5, 0.6) is 0 Å². The first kappa shape index (κ1) is 37.6. The zero-order chi connectivity index (χ0) is 35.2. The lowest BCUT2D eigenvalue weighted by Gasteiger charge is -2.32. The van der Waals surface area contributed by atoms with Crippen molar-refractivity contribution in [1.82, 2.24) is 19.7 Å². The summed E-state index contributed by atoms with van der Waals surface area (Å²) >= 11 is 0. The lowest BCUT2D eigenvalue weighted by atomic mass is 9.96. The molecule has 47 heavy (non-hydrogen) atoms. The van der Waals surface area contributed by atoms with Gasteiger partial charge < -0.3 is 24.0 Å². The molecule has 1 aromatic heterocycles. The van der Waals surface area contributed by atoms with Crippen LogP contribution in [0.3, 0.4) is 0 Å². The van der Waals surface area contributed by atoms with Gasteiger partial charge in [0.2, 0.25) is 0 Å². The smallest absolute Gasteiger partial charge is 0.413 e. The molecule has 2 heterocycles. The maximum Gasteiger partial charge on any atom is 0.413 e. The number of rotatable bonds is 9. The summed E-state index contributed by atoms with van der Waals surface area (Å²) in [5.41, 5.74) is 0.871. The van der Waals surface area contributed by atoms with Gasteiger partial charge in [-0.3, -0.25) is 10.2 Å². The Kier molecular flexibility index (Phi) is 12.3. The van der Waals surface area contributed by atoms with Crippen molar-refractivity contribution in [3.63, 3.8) is 0 Å². The van der Waals surface area contributed by atoms with E-state index in [2.05, 4.69) is 10.2 Å². The summed E-state index contributed by atoms with van der Waals surface area (Å²) in [7, 11) is 2.02. The van der Waals surface area contributed by atoms with Crippen LogP contribution in [0.2, 0.25) is 0 Å². The van der Waals surface area contributed by atoms with Gasteiger partial charge in [-0.25, -0.2) is 19.4 Å². The van der Waals surface area contributed by atoms with Gasteiger partial charge >= 0.3 is 18.3 Å². The summed E-state index contributed by atoms with van der Waals surface area (Å²) in [6, 6.07) is 13.6. The first-order valence-corrected chi connectivity index (χ1v) is 16.3. The second-order valence-corrected chi connectivity index (χ2v) is 15.4. The van der Waals surface area contributed by atoms with Crippen molar-refractivity contribution in [2.75, 3.05) is 38.5 Å². The predicted octanol–water partition coefficient (Wildman–Crippen LogP) is 6.88. The van der Waals surface area contributed by atoms with Gasteiger partial charge in [-0.05, 0) is 112 Å². The Morgan fingerprint density at radius 2 is 1.49 bits per heavy atom. The van der Waals surface area contributed by atoms with Gasteiger partial charge in [0.1, 0.15) is 22.6 Å². The van der Waals surface area contributed by atoms with Gasteiger partial charge in [-0.1, -0.05) is 30.3 Å². The molecule has 0 saturated carbocycles. The SMILES string of the molecule is Cc1cc(CC2CN(C(=O)OC(C)(C)C)CC2N(C)CCN(Cc2ccccc2)C(=O)OC(C)(C)C)nc(NC(=O)OC(C)(C)C)c1. The van der Waals surface area contributed by atoms with Crippen LogP contribution < -0.4 is 5.32 Å². The lowest BCUT2D eigenvalue weighted by molar-refractivity contribution is 0.0208. The maximum absolute atomic E-state index is 13.3. The number of amides is 3. The highest BCUT2D eigenvalue weighted by Crippen LogP contribution is 2.27. The first-order valence-electron chi connectivity index (χ1n) is 16.3. The number of anilines is 1. The van der Waals surface area contributed by atoms with Gasteiger partial charge in [-0.2, -0.15) is 0 Å². The molecule has 1 fully saturated rings. The number of hydrogen-bond acceptors (Lipinski definition) is 8. The van der Waals surface area contributed by atoms with Crippen molar-refractivity contribution >= 4 is 24.1 Å². The fraction of sp³-hybridized carbons (Fsp3) is 0.611. The van der Waals surface area contributed by atoms with E-state index in [0.717, 1.165) is 16.8 Å². The maximum atomic E-state index is 13.3. The zero-order valence-corrected chi connectivity index (χ0v) is 30.2. The van der Waals surface area contributed by atoms with E-state index in [1.54, 1.807) is 15.9 Å². The Bertz CT molecular complexity index is 1360. The van der Waals surface area contributed by atoms with Crippen LogP contribution in [0, 0.1) is 12.8 Å². The lowest BCUT2D eigenvalue weighted by Crippen LogP contribution is -2.45. The molecule has 3 rings (SSSR count). The average Bonchev–Trinajstić information content (AvgIpc) is 3.32. The number of nitrogens with one attached hydrogen (secondary N) is 1. The Balaban J connectivity index is 1.81. The third-order valence-electron chi connectivity index (χ3n) is 7.34. The molecule has 1 N–H and O–H groups in total. The fourth-order valence-electron chi connectivity index (χ4n) is 5.42. The monoisotopic (exact) mass is 653 g/mol. The summed E-state index contributed by atoms with van der Waals surface area (Å²) in [5.74, 6) is 0.426. The molecule has 0 spiro atoms. The molecule has 2 atom stereocenters. The van der Waals surface area contributed by atoms with Crippen LogP contribution in [0.4, 0.5) is 20.2 Å². The summed E-state index contributed by atoms with van der Waals surface area (Å²) in [4.78, 5) is 49.3. The number of likely N-dealkylation sites (N-methyl/N-ethyl adjacent to an activating group) is 1. The standard InChI is InChI=1S/C36H55N5O6/c1-25-19-28(37-30(20-25)38-31(42)45-34(2,3)4)21-27-23-41(33(44)47-36(8,9)10)24-29(27)39(11)17-18-40(32(43)46-35(5,6)7)22-26-15-13-12-14-16-26/h12-16,19-20,27,29H,17-18,21-24H2,1-11H3,(H,37,38,42). The van der Waals surface area contributed by atoms with Crippen LogP contribution in [0.1, 0.15) is 79.1 Å². The van der Waals surface area contributed by atoms with E-state index in [9.17, 15) is 14.4 Å². The van der Waals surface area contributed by atoms with E-state index in [-0.39, 0.29) is 24.1 Å². The zero-order valence-electron chi connectivity index (χ0n) is 30.2. The van der Waals surface area contributed by atoms with Gasteiger partial charge in [-0.15, -0.1) is 0 Å². The van der Waals surface area contributed by atoms with Gasteiger partial charge in [0, 0.05) is 44.5 Å². The minimum Gasteiger partial charge on any atom is -0.444 e. The summed E-state index contributed by atoms with van der Waals surface area (Å²) in [5, 5.41) is 2.75. The highest BCUT2D eigenvalue weighted by atomic mass is 16.6. The number of hydrogen-bond donors (Lipinski definition) is 1. The van der Waals surface area contributed by atoms with E-state index in [1.165, 1.54) is 0 Å². The Morgan fingerprint density at radius 3 is 2.09 bits per heavy atom. The predicted molar refractivity (Wildman–Crippen MR) is 183 cm³/mol. The molecule has 1 aromatic carbocycles. The molecule has 1 aliphatic rings. The topological polar surface area (TPSA) is 114 Å². The third kappa shape index (κ3) is 13.0. The average molecular weight is 654 g/mol. The summed E-state index contributed by atoms with van der Waals surface area (Å²) in [6.07, 6.45) is -0.732. The second kappa shape index (κ2) is 15.4. The number of ether oxygens (including phenoxy) is 3. The number of aromatic nitrogens is 1. The van der Waals surface area contributed by atoms with E-state index < -0.39 is 22.9 Å². The van der Waals surface area contributed by atoms with E-state index >= 15 is 0 Å². The number of aryl methyl sites for hydroxylation is 1. The van der Waals surface area contributed by atoms with Crippen molar-refractivity contribution in [3.05, 3.63) is 59.3 Å². The van der Waals surface area contributed by atoms with Crippen LogP contribution in [-0.2, 0) is 27.2 Å². The summed E-state index contributed by atoms with van der Waals surface area (Å²) < 4.78 is 16.9. The number of benzene rings is 1. The molecule has 11 heteroatoms. The van der Waals surface area contributed by atoms with Crippen molar-refractivity contribution in [1.29, 1.82) is 0 Å². The fourth-order valence-corrected chi connectivity index (χ4v) is 5.42. The van der Waals surface area contributed by atoms with Gasteiger partial charge in [0.05, 0.1) is 0 Å². The highest BCUT2D eigenvalue weighted by molar-refractivity contribution is 5.83. The minimum atomic E-state index is -0.635. The number of nitrogens with zero attached hydrogens (tertiary/aromatic N) is 4. The molecule has 11 nitrogen and oxygen atoms in total. The number of pyridine rings is 1. The largest absolute Gasteiger partial charge is 0.444 e. The van der Waals surface area contributed by atoms with E-state index in [4.69, 9.17) is 19.2 Å². The van der Waals surface area contributed by atoms with Crippen molar-refractivity contribution in [2.45, 2.75) is 105 Å². The van der Waals surface area contributed by atoms with Crippen LogP contribution in [0.15, 0.2) is 42.5 Å². The molecule has 1 aliphatic heterocycles. The molecule has 0 aliphatic carbocycles. The van der Waals surface area contributed by atoms with Crippen molar-refractivity contribution in [2.24, 2.45) is 5.92 Å². The Hall–Kier alpha value is -3.86. The van der Waals surface area contributed by atoms with Gasteiger partial charge in [0.25, 0.3) is 0 Å². The first-order chi connectivity index (χ1) is 21.7. The summed E-state index contributed by atoms with van der Waals surface area (Å²) in [6.45, 7) is 20.9. The molecule has 1 saturated heterocycles. The normalized spacial score (nSPS) is 17.0. The number of carbonyl (C=O) groups is 3. The molecule has 2 unspecified atom stereocenters. The highest BCUT2D eigenvalue weighted by Gasteiger charge is 2.39. The van der Waals surface area contributed by atoms with Gasteiger partial charge in [0.15, 0.2) is 0 Å². The molecule has 3 amide bonds. The molecular formula is C36H55N5O6. The minimum absolute atomic E-state index is 0.0142. The number of carbonyl (C=O) groups excluding carboxylic acids is 3. The molecule has 260 valence electrons. The molecule has 2 aromatic rings. The molecular weight excluding hydrogens is 598 g/mol. The third-order valence-corrected chi connectivity index (χ3v) is 7.34. The second-order valence-electron chi connectivity index (χ2n) is 15.4. The van der Waals surface area contributed by atoms with E-state index in [0.29, 0.717) is 45.0 Å². The van der Waals surface area contributed by atoms with E-state index in [1.807, 2.05) is 113 Å². The van der Waals surface area contributed by atoms with Crippen LogP contribution in [0.25, 0.3) is 0 Å². The quantitative estimate of drug-likeness (QED) is 0.291. The van der Waals surface area contributed by atoms with Crippen LogP contribution >= 0.6 is 0 Å². The Labute approximate surface area is 280 Å². The molecule has 0 radical (unpaired) electrons. The molecule has 0 bridgehead atoms. The van der Waals surface area contributed by atoms with Crippen LogP contribution in [-0.4, -0.2) is 94.0 Å². The number of likely N-dealkylation sites (tertiary alicyclic amines) is 1. The van der Waals surface area contributed by atoms with Crippen molar-refractivity contribution < 1.29 is 28.6 Å². The van der Waals surface area contributed by atoms with Crippen molar-refractivity contribution in [3.8, 4) is 0 Å². The Morgan fingerprint density at radius 1 is 0.872 bits per heavy atom.